The van der Waals surface area contributed by atoms with Gasteiger partial charge in [0, 0.05) is 12.1 Å². The summed E-state index contributed by atoms with van der Waals surface area (Å²) >= 11 is 0. The summed E-state index contributed by atoms with van der Waals surface area (Å²) < 4.78 is 2.18. The zero-order chi connectivity index (χ0) is 17.9. The minimum atomic E-state index is 0.328. The van der Waals surface area contributed by atoms with Gasteiger partial charge in [-0.15, -0.1) is 0 Å². The van der Waals surface area contributed by atoms with Gasteiger partial charge in [0.2, 0.25) is 5.95 Å². The fourth-order valence-electron chi connectivity index (χ4n) is 3.73. The first-order chi connectivity index (χ1) is 12.7. The molecule has 0 radical (unpaired) electrons. The highest BCUT2D eigenvalue weighted by Crippen LogP contribution is 2.26. The number of nitrogens with zero attached hydrogens (tertiary/aromatic N) is 3. The van der Waals surface area contributed by atoms with Crippen molar-refractivity contribution in [3.63, 3.8) is 0 Å². The lowest BCUT2D eigenvalue weighted by molar-refractivity contribution is 0.409. The van der Waals surface area contributed by atoms with Crippen LogP contribution in [0.25, 0.3) is 11.0 Å². The third-order valence-corrected chi connectivity index (χ3v) is 5.23. The van der Waals surface area contributed by atoms with E-state index in [-0.39, 0.29) is 0 Å². The number of nitrogens with two attached hydrogens (primary N) is 1. The molecule has 5 nitrogen and oxygen atoms in total. The Morgan fingerprint density at radius 1 is 1.08 bits per heavy atom. The van der Waals surface area contributed by atoms with E-state index in [0.29, 0.717) is 24.2 Å². The van der Waals surface area contributed by atoms with Crippen LogP contribution >= 0.6 is 0 Å². The molecule has 1 aromatic heterocycles. The molecule has 1 aliphatic rings. The number of fused-ring (bicyclic) bond motifs is 1. The van der Waals surface area contributed by atoms with Gasteiger partial charge in [0.25, 0.3) is 0 Å². The van der Waals surface area contributed by atoms with Gasteiger partial charge in [-0.3, -0.25) is 0 Å². The van der Waals surface area contributed by atoms with Crippen LogP contribution in [0.2, 0.25) is 0 Å². The smallest absolute Gasteiger partial charge is 0.204 e. The summed E-state index contributed by atoms with van der Waals surface area (Å²) in [6.45, 7) is 0.624. The first-order valence-corrected chi connectivity index (χ1v) is 9.20. The number of imidazole rings is 1. The zero-order valence-corrected chi connectivity index (χ0v) is 14.7. The van der Waals surface area contributed by atoms with Gasteiger partial charge in [0.1, 0.15) is 0 Å². The molecule has 0 atom stereocenters. The lowest BCUT2D eigenvalue weighted by Crippen LogP contribution is -2.33. The van der Waals surface area contributed by atoms with E-state index in [4.69, 9.17) is 10.7 Å². The van der Waals surface area contributed by atoms with Crippen molar-refractivity contribution in [1.82, 2.24) is 9.55 Å². The van der Waals surface area contributed by atoms with Crippen LogP contribution in [0.5, 0.6) is 0 Å². The summed E-state index contributed by atoms with van der Waals surface area (Å²) in [7, 11) is 0. The zero-order valence-electron chi connectivity index (χ0n) is 14.7. The van der Waals surface area contributed by atoms with E-state index >= 15 is 0 Å². The number of anilines is 1. The first kappa shape index (κ1) is 16.6. The number of nitriles is 1. The van der Waals surface area contributed by atoms with Crippen molar-refractivity contribution in [2.45, 2.75) is 44.3 Å². The van der Waals surface area contributed by atoms with E-state index in [2.05, 4.69) is 22.0 Å². The number of nitrogens with one attached hydrogen (secondary N) is 1. The molecule has 0 spiro atoms. The molecule has 1 fully saturated rings. The number of benzene rings is 2. The summed E-state index contributed by atoms with van der Waals surface area (Å²) in [6, 6.07) is 18.9. The van der Waals surface area contributed by atoms with Crippen LogP contribution in [-0.4, -0.2) is 21.6 Å². The van der Waals surface area contributed by atoms with Crippen molar-refractivity contribution in [3.8, 4) is 6.07 Å². The molecule has 5 heteroatoms. The number of aromatic nitrogens is 2. The van der Waals surface area contributed by atoms with Crippen molar-refractivity contribution in [1.29, 1.82) is 5.26 Å². The summed E-state index contributed by atoms with van der Waals surface area (Å²) in [5, 5.41) is 13.0. The van der Waals surface area contributed by atoms with Crippen molar-refractivity contribution in [2.75, 3.05) is 5.32 Å². The molecule has 0 aliphatic heterocycles. The Labute approximate surface area is 153 Å². The van der Waals surface area contributed by atoms with Gasteiger partial charge in [-0.1, -0.05) is 30.3 Å². The Hall–Kier alpha value is -2.84. The Bertz CT molecular complexity index is 944. The van der Waals surface area contributed by atoms with Gasteiger partial charge < -0.3 is 15.6 Å². The van der Waals surface area contributed by atoms with E-state index in [1.807, 2.05) is 42.5 Å². The van der Waals surface area contributed by atoms with E-state index in [1.165, 1.54) is 0 Å². The second-order valence-electron chi connectivity index (χ2n) is 7.04. The maximum absolute atomic E-state index is 9.41. The van der Waals surface area contributed by atoms with Crippen LogP contribution in [0.15, 0.2) is 48.5 Å². The Morgan fingerprint density at radius 3 is 2.62 bits per heavy atom. The summed E-state index contributed by atoms with van der Waals surface area (Å²) in [4.78, 5) is 4.82. The van der Waals surface area contributed by atoms with E-state index < -0.39 is 0 Å². The van der Waals surface area contributed by atoms with Crippen molar-refractivity contribution in [2.24, 2.45) is 5.73 Å². The fourth-order valence-corrected chi connectivity index (χ4v) is 3.73. The molecular weight excluding hydrogens is 322 g/mol. The molecule has 0 saturated heterocycles. The number of hydrogen-bond donors (Lipinski definition) is 2. The lowest BCUT2D eigenvalue weighted by Gasteiger charge is -2.27. The third-order valence-electron chi connectivity index (χ3n) is 5.23. The maximum atomic E-state index is 9.41. The average molecular weight is 345 g/mol. The molecule has 1 saturated carbocycles. The minimum Gasteiger partial charge on any atom is -0.353 e. The second-order valence-corrected chi connectivity index (χ2v) is 7.04. The highest BCUT2D eigenvalue weighted by molar-refractivity contribution is 5.78. The van der Waals surface area contributed by atoms with Crippen LogP contribution < -0.4 is 11.1 Å². The summed E-state index contributed by atoms with van der Waals surface area (Å²) in [6.07, 6.45) is 4.24. The topological polar surface area (TPSA) is 79.7 Å². The molecule has 1 heterocycles. The summed E-state index contributed by atoms with van der Waals surface area (Å²) in [5.74, 6) is 0.874. The molecule has 0 unspecified atom stereocenters. The quantitative estimate of drug-likeness (QED) is 0.756. The molecule has 0 amide bonds. The Kier molecular flexibility index (Phi) is 4.59. The monoisotopic (exact) mass is 345 g/mol. The standard InChI is InChI=1S/C21H23N5/c22-13-15-5-1-2-6-16(15)14-26-20-8-4-3-7-19(20)25-21(26)24-18-11-9-17(23)10-12-18/h1-8,17-18H,9-12,14,23H2,(H,24,25). The molecule has 2 aromatic carbocycles. The highest BCUT2D eigenvalue weighted by Gasteiger charge is 2.21. The largest absolute Gasteiger partial charge is 0.353 e. The molecule has 1 aliphatic carbocycles. The van der Waals surface area contributed by atoms with E-state index in [1.54, 1.807) is 0 Å². The van der Waals surface area contributed by atoms with Crippen molar-refractivity contribution < 1.29 is 0 Å². The highest BCUT2D eigenvalue weighted by atomic mass is 15.2. The molecule has 0 bridgehead atoms. The van der Waals surface area contributed by atoms with Gasteiger partial charge in [0.15, 0.2) is 0 Å². The number of para-hydroxylation sites is 2. The van der Waals surface area contributed by atoms with Gasteiger partial charge in [-0.25, -0.2) is 4.98 Å². The van der Waals surface area contributed by atoms with Gasteiger partial charge in [-0.2, -0.15) is 5.26 Å². The molecule has 4 rings (SSSR count). The molecule has 3 N–H and O–H groups in total. The minimum absolute atomic E-state index is 0.328. The summed E-state index contributed by atoms with van der Waals surface area (Å²) in [5.41, 5.74) is 9.80. The lowest BCUT2D eigenvalue weighted by atomic mass is 9.92. The maximum Gasteiger partial charge on any atom is 0.204 e. The Balaban J connectivity index is 1.69. The van der Waals surface area contributed by atoms with Crippen LogP contribution in [0.4, 0.5) is 5.95 Å². The first-order valence-electron chi connectivity index (χ1n) is 9.20. The number of rotatable bonds is 4. The van der Waals surface area contributed by atoms with Gasteiger partial charge >= 0.3 is 0 Å². The predicted octanol–water partition coefficient (Wildman–Crippen LogP) is 3.64. The van der Waals surface area contributed by atoms with E-state index in [0.717, 1.165) is 48.2 Å². The normalized spacial score (nSPS) is 20.0. The van der Waals surface area contributed by atoms with Crippen LogP contribution in [0, 0.1) is 11.3 Å². The van der Waals surface area contributed by atoms with Crippen molar-refractivity contribution in [3.05, 3.63) is 59.7 Å². The van der Waals surface area contributed by atoms with Crippen molar-refractivity contribution >= 4 is 17.0 Å². The van der Waals surface area contributed by atoms with Crippen LogP contribution in [0.3, 0.4) is 0 Å². The SMILES string of the molecule is N#Cc1ccccc1Cn1c(NC2CCC(N)CC2)nc2ccccc21. The average Bonchev–Trinajstić information content (AvgIpc) is 3.01. The fraction of sp³-hybridized carbons (Fsp3) is 0.333. The van der Waals surface area contributed by atoms with Crippen LogP contribution in [0.1, 0.15) is 36.8 Å². The van der Waals surface area contributed by atoms with Gasteiger partial charge in [-0.05, 0) is 49.4 Å². The third kappa shape index (κ3) is 3.29. The Morgan fingerprint density at radius 2 is 1.81 bits per heavy atom. The van der Waals surface area contributed by atoms with Gasteiger partial charge in [0.05, 0.1) is 29.2 Å². The number of hydrogen-bond acceptors (Lipinski definition) is 4. The predicted molar refractivity (Wildman–Crippen MR) is 104 cm³/mol. The molecular formula is C21H23N5. The second kappa shape index (κ2) is 7.19. The van der Waals surface area contributed by atoms with E-state index in [9.17, 15) is 5.26 Å². The molecule has 132 valence electrons. The molecule has 26 heavy (non-hydrogen) atoms. The van der Waals surface area contributed by atoms with Crippen LogP contribution in [-0.2, 0) is 6.54 Å². The molecule has 3 aromatic rings.